The number of sulfone groups is 2. The maximum Gasteiger partial charge on any atom is 0.233 e. The Morgan fingerprint density at radius 2 is 1.77 bits per heavy atom. The van der Waals surface area contributed by atoms with Crippen LogP contribution in [0.4, 0.5) is 5.13 Å². The van der Waals surface area contributed by atoms with Gasteiger partial charge in [-0.2, -0.15) is 0 Å². The molecule has 166 valence electrons. The molecule has 1 aromatic heterocycles. The quantitative estimate of drug-likeness (QED) is 0.655. The van der Waals surface area contributed by atoms with Crippen LogP contribution in [0.3, 0.4) is 0 Å². The van der Waals surface area contributed by atoms with Crippen molar-refractivity contribution in [1.82, 2.24) is 4.98 Å². The molecule has 1 amide bonds. The van der Waals surface area contributed by atoms with Gasteiger partial charge in [0.2, 0.25) is 5.91 Å². The summed E-state index contributed by atoms with van der Waals surface area (Å²) in [4.78, 5) is 16.6. The minimum absolute atomic E-state index is 0. The van der Waals surface area contributed by atoms with Crippen LogP contribution in [0.1, 0.15) is 51.0 Å². The van der Waals surface area contributed by atoms with Crippen LogP contribution in [-0.4, -0.2) is 40.2 Å². The Labute approximate surface area is 182 Å². The van der Waals surface area contributed by atoms with Crippen molar-refractivity contribution in [1.29, 1.82) is 0 Å². The molecular formula is C20H28N2O5S3. The van der Waals surface area contributed by atoms with Gasteiger partial charge in [-0.3, -0.25) is 4.79 Å². The Balaban J connectivity index is 0.00000320. The van der Waals surface area contributed by atoms with Crippen molar-refractivity contribution in [2.75, 3.05) is 17.8 Å². The molecule has 1 fully saturated rings. The summed E-state index contributed by atoms with van der Waals surface area (Å²) in [6.45, 7) is 0. The van der Waals surface area contributed by atoms with Crippen LogP contribution in [0, 0.1) is 5.92 Å². The minimum Gasteiger partial charge on any atom is -0.301 e. The number of thiazole rings is 1. The first-order valence-electron chi connectivity index (χ1n) is 9.30. The molecule has 10 heteroatoms. The Bertz CT molecular complexity index is 1090. The van der Waals surface area contributed by atoms with E-state index in [-0.39, 0.29) is 23.1 Å². The number of carbonyl (C=O) groups excluding carboxylic acids is 1. The van der Waals surface area contributed by atoms with Crippen LogP contribution >= 0.6 is 11.3 Å². The van der Waals surface area contributed by atoms with Crippen molar-refractivity contribution < 1.29 is 21.6 Å². The first kappa shape index (κ1) is 24.5. The fourth-order valence-electron chi connectivity index (χ4n) is 3.79. The molecule has 0 aliphatic heterocycles. The first-order valence-corrected chi connectivity index (χ1v) is 14.0. The third-order valence-corrected chi connectivity index (χ3v) is 8.30. The summed E-state index contributed by atoms with van der Waals surface area (Å²) in [5, 5.41) is 5.03. The van der Waals surface area contributed by atoms with E-state index < -0.39 is 25.6 Å². The number of hydrogen-bond acceptors (Lipinski definition) is 7. The monoisotopic (exact) mass is 472 g/mol. The molecule has 1 aliphatic carbocycles. The Morgan fingerprint density at radius 1 is 1.13 bits per heavy atom. The van der Waals surface area contributed by atoms with Crippen LogP contribution in [0.5, 0.6) is 0 Å². The summed E-state index contributed by atoms with van der Waals surface area (Å²) in [6, 6.07) is 4.18. The average molecular weight is 473 g/mol. The average Bonchev–Trinajstić information content (AvgIpc) is 3.31. The van der Waals surface area contributed by atoms with Gasteiger partial charge in [0.05, 0.1) is 15.7 Å². The van der Waals surface area contributed by atoms with Gasteiger partial charge in [0.15, 0.2) is 24.8 Å². The van der Waals surface area contributed by atoms with Crippen LogP contribution in [0.2, 0.25) is 0 Å². The van der Waals surface area contributed by atoms with Crippen molar-refractivity contribution in [2.45, 2.75) is 55.2 Å². The number of benzene rings is 1. The summed E-state index contributed by atoms with van der Waals surface area (Å²) in [5.41, 5.74) is 0.499. The molecule has 0 radical (unpaired) electrons. The van der Waals surface area contributed by atoms with E-state index >= 15 is 0 Å². The summed E-state index contributed by atoms with van der Waals surface area (Å²) in [5.74, 6) is -0.479. The number of anilines is 1. The highest BCUT2D eigenvalue weighted by Crippen LogP contribution is 2.36. The number of carbonyl (C=O) groups is 1. The number of nitrogens with one attached hydrogen (secondary N) is 1. The van der Waals surface area contributed by atoms with Crippen molar-refractivity contribution >= 4 is 42.1 Å². The molecule has 3 rings (SSSR count). The molecule has 1 unspecified atom stereocenters. The van der Waals surface area contributed by atoms with E-state index in [1.165, 1.54) is 23.5 Å². The second kappa shape index (κ2) is 9.57. The molecule has 1 heterocycles. The third kappa shape index (κ3) is 5.89. The second-order valence-electron chi connectivity index (χ2n) is 7.52. The lowest BCUT2D eigenvalue weighted by molar-refractivity contribution is -0.118. The standard InChI is InChI=1S/C19H24N2O5S3.CH4/c1-28(23,24)16-8-7-14(12-17(16)29(2,25)26)15(11-13-5-3-4-6-13)18(22)21-19-20-9-10-27-19;/h7-10,12-13,15H,3-6,11H2,1-2H3,(H,20,21,22);1H4. The van der Waals surface area contributed by atoms with Gasteiger partial charge >= 0.3 is 0 Å². The highest BCUT2D eigenvalue weighted by Gasteiger charge is 2.29. The SMILES string of the molecule is C.CS(=O)(=O)c1ccc(C(CC2CCCC2)C(=O)Nc2nccs2)cc1S(C)(=O)=O. The van der Waals surface area contributed by atoms with Gasteiger partial charge in [-0.05, 0) is 30.0 Å². The summed E-state index contributed by atoms with van der Waals surface area (Å²) in [7, 11) is -7.53. The van der Waals surface area contributed by atoms with E-state index in [1.54, 1.807) is 17.6 Å². The molecule has 1 atom stereocenters. The van der Waals surface area contributed by atoms with Crippen LogP contribution in [0.25, 0.3) is 0 Å². The van der Waals surface area contributed by atoms with Gasteiger partial charge in [0.25, 0.3) is 0 Å². The summed E-state index contributed by atoms with van der Waals surface area (Å²) < 4.78 is 48.7. The molecule has 0 bridgehead atoms. The fraction of sp³-hybridized carbons (Fsp3) is 0.500. The molecule has 0 saturated heterocycles. The molecule has 1 aliphatic rings. The van der Waals surface area contributed by atoms with Gasteiger partial charge in [-0.15, -0.1) is 11.3 Å². The van der Waals surface area contributed by atoms with E-state index in [1.807, 2.05) is 0 Å². The molecule has 1 saturated carbocycles. The van der Waals surface area contributed by atoms with E-state index in [2.05, 4.69) is 10.3 Å². The van der Waals surface area contributed by atoms with Gasteiger partial charge in [0, 0.05) is 24.1 Å². The zero-order valence-corrected chi connectivity index (χ0v) is 18.7. The predicted octanol–water partition coefficient (Wildman–Crippen LogP) is 3.89. The Hall–Kier alpha value is -1.78. The van der Waals surface area contributed by atoms with E-state index in [4.69, 9.17) is 0 Å². The maximum atomic E-state index is 13.0. The highest BCUT2D eigenvalue weighted by atomic mass is 32.2. The van der Waals surface area contributed by atoms with Crippen LogP contribution < -0.4 is 5.32 Å². The van der Waals surface area contributed by atoms with Gasteiger partial charge in [-0.1, -0.05) is 39.2 Å². The van der Waals surface area contributed by atoms with Crippen LogP contribution in [-0.2, 0) is 24.5 Å². The zero-order valence-electron chi connectivity index (χ0n) is 16.3. The number of nitrogens with zero attached hydrogens (tertiary/aromatic N) is 1. The Kier molecular flexibility index (Phi) is 7.81. The smallest absolute Gasteiger partial charge is 0.233 e. The minimum atomic E-state index is -3.80. The van der Waals surface area contributed by atoms with E-state index in [0.29, 0.717) is 23.0 Å². The number of amides is 1. The zero-order chi connectivity index (χ0) is 21.2. The lowest BCUT2D eigenvalue weighted by Gasteiger charge is -2.21. The molecule has 2 aromatic rings. The lowest BCUT2D eigenvalue weighted by Crippen LogP contribution is -2.23. The van der Waals surface area contributed by atoms with Crippen LogP contribution in [0.15, 0.2) is 39.6 Å². The molecule has 7 nitrogen and oxygen atoms in total. The summed E-state index contributed by atoms with van der Waals surface area (Å²) in [6.07, 6.45) is 8.42. The largest absolute Gasteiger partial charge is 0.301 e. The molecule has 30 heavy (non-hydrogen) atoms. The third-order valence-electron chi connectivity index (χ3n) is 5.19. The summed E-state index contributed by atoms with van der Waals surface area (Å²) >= 11 is 1.30. The number of rotatable bonds is 7. The molecule has 1 N–H and O–H groups in total. The lowest BCUT2D eigenvalue weighted by atomic mass is 9.87. The number of aromatic nitrogens is 1. The fourth-order valence-corrected chi connectivity index (χ4v) is 6.75. The second-order valence-corrected chi connectivity index (χ2v) is 12.4. The van der Waals surface area contributed by atoms with Crippen molar-refractivity contribution in [2.24, 2.45) is 5.92 Å². The van der Waals surface area contributed by atoms with Crippen molar-refractivity contribution in [3.63, 3.8) is 0 Å². The van der Waals surface area contributed by atoms with Gasteiger partial charge in [-0.25, -0.2) is 21.8 Å². The highest BCUT2D eigenvalue weighted by molar-refractivity contribution is 7.93. The molecule has 1 aromatic carbocycles. The molecular weight excluding hydrogens is 444 g/mol. The van der Waals surface area contributed by atoms with Crippen molar-refractivity contribution in [3.05, 3.63) is 35.3 Å². The predicted molar refractivity (Wildman–Crippen MR) is 119 cm³/mol. The normalized spacial score (nSPS) is 16.1. The van der Waals surface area contributed by atoms with E-state index in [9.17, 15) is 21.6 Å². The van der Waals surface area contributed by atoms with Gasteiger partial charge in [0.1, 0.15) is 0 Å². The maximum absolute atomic E-state index is 13.0. The molecule has 0 spiro atoms. The van der Waals surface area contributed by atoms with E-state index in [0.717, 1.165) is 38.2 Å². The topological polar surface area (TPSA) is 110 Å². The first-order chi connectivity index (χ1) is 13.6. The Morgan fingerprint density at radius 3 is 2.30 bits per heavy atom. The van der Waals surface area contributed by atoms with Gasteiger partial charge < -0.3 is 5.32 Å². The van der Waals surface area contributed by atoms with Crippen molar-refractivity contribution in [3.8, 4) is 0 Å². The number of hydrogen-bond donors (Lipinski definition) is 1.